The van der Waals surface area contributed by atoms with Gasteiger partial charge >= 0.3 is 0 Å². The van der Waals surface area contributed by atoms with Crippen LogP contribution < -0.4 is 0 Å². The summed E-state index contributed by atoms with van der Waals surface area (Å²) in [6.45, 7) is 10.00. The number of ether oxygens (including phenoxy) is 1. The topological polar surface area (TPSA) is 36.0 Å². The molecule has 0 aliphatic carbocycles. The molecule has 1 spiro atoms. The third-order valence-corrected chi connectivity index (χ3v) is 5.52. The number of nitrogens with zero attached hydrogens (tertiary/aromatic N) is 3. The molecule has 3 rings (SSSR count). The zero-order chi connectivity index (χ0) is 14.9. The minimum absolute atomic E-state index is 0.281. The van der Waals surface area contributed by atoms with E-state index in [1.807, 2.05) is 11.0 Å². The van der Waals surface area contributed by atoms with Crippen molar-refractivity contribution in [2.75, 3.05) is 53.0 Å². The summed E-state index contributed by atoms with van der Waals surface area (Å²) in [5, 5.41) is 0. The fourth-order valence-electron chi connectivity index (χ4n) is 4.04. The SMILES string of the molecule is C=CCN1CCN(C)C2(CCN([C@H]3CCOC3)CC2)C1=O. The molecule has 3 saturated heterocycles. The molecule has 1 atom stereocenters. The lowest BCUT2D eigenvalue weighted by molar-refractivity contribution is -0.154. The summed E-state index contributed by atoms with van der Waals surface area (Å²) in [4.78, 5) is 19.7. The Labute approximate surface area is 127 Å². The van der Waals surface area contributed by atoms with Crippen LogP contribution in [0.1, 0.15) is 19.3 Å². The summed E-state index contributed by atoms with van der Waals surface area (Å²) in [5.41, 5.74) is -0.281. The number of piperazine rings is 1. The van der Waals surface area contributed by atoms with Gasteiger partial charge in [0.2, 0.25) is 5.91 Å². The molecule has 0 N–H and O–H groups in total. The van der Waals surface area contributed by atoms with Gasteiger partial charge in [-0.05, 0) is 26.3 Å². The van der Waals surface area contributed by atoms with Gasteiger partial charge in [-0.3, -0.25) is 14.6 Å². The van der Waals surface area contributed by atoms with Gasteiger partial charge in [-0.25, -0.2) is 0 Å². The third kappa shape index (κ3) is 2.62. The zero-order valence-corrected chi connectivity index (χ0v) is 13.1. The largest absolute Gasteiger partial charge is 0.380 e. The summed E-state index contributed by atoms with van der Waals surface area (Å²) in [6, 6.07) is 0.565. The Hall–Kier alpha value is -0.910. The first kappa shape index (κ1) is 15.0. The van der Waals surface area contributed by atoms with Crippen LogP contribution in [0.5, 0.6) is 0 Å². The number of carbonyl (C=O) groups excluding carboxylic acids is 1. The third-order valence-electron chi connectivity index (χ3n) is 5.52. The molecule has 0 bridgehead atoms. The second-order valence-corrected chi connectivity index (χ2v) is 6.55. The molecule has 0 saturated carbocycles. The van der Waals surface area contributed by atoms with Gasteiger partial charge in [0.15, 0.2) is 0 Å². The molecule has 3 aliphatic heterocycles. The average molecular weight is 293 g/mol. The van der Waals surface area contributed by atoms with Gasteiger partial charge in [-0.2, -0.15) is 0 Å². The molecule has 0 unspecified atom stereocenters. The molecule has 1 amide bonds. The molecule has 118 valence electrons. The smallest absolute Gasteiger partial charge is 0.243 e. The second kappa shape index (κ2) is 6.07. The highest BCUT2D eigenvalue weighted by molar-refractivity contribution is 5.87. The maximum atomic E-state index is 12.9. The van der Waals surface area contributed by atoms with Crippen LogP contribution in [-0.2, 0) is 9.53 Å². The minimum Gasteiger partial charge on any atom is -0.380 e. The molecule has 21 heavy (non-hydrogen) atoms. The van der Waals surface area contributed by atoms with E-state index in [-0.39, 0.29) is 5.54 Å². The van der Waals surface area contributed by atoms with Gasteiger partial charge in [0, 0.05) is 45.4 Å². The van der Waals surface area contributed by atoms with Gasteiger partial charge in [0.1, 0.15) is 5.54 Å². The van der Waals surface area contributed by atoms with Crippen molar-refractivity contribution in [1.29, 1.82) is 0 Å². The molecule has 0 aromatic rings. The van der Waals surface area contributed by atoms with E-state index in [1.54, 1.807) is 0 Å². The first-order chi connectivity index (χ1) is 10.2. The molecule has 3 heterocycles. The van der Waals surface area contributed by atoms with Crippen molar-refractivity contribution in [1.82, 2.24) is 14.7 Å². The summed E-state index contributed by atoms with van der Waals surface area (Å²) in [7, 11) is 2.11. The van der Waals surface area contributed by atoms with Crippen LogP contribution in [0.15, 0.2) is 12.7 Å². The number of amides is 1. The minimum atomic E-state index is -0.281. The van der Waals surface area contributed by atoms with Crippen LogP contribution in [-0.4, -0.2) is 85.2 Å². The second-order valence-electron chi connectivity index (χ2n) is 6.55. The van der Waals surface area contributed by atoms with Gasteiger partial charge in [0.25, 0.3) is 0 Å². The van der Waals surface area contributed by atoms with Gasteiger partial charge < -0.3 is 9.64 Å². The van der Waals surface area contributed by atoms with Crippen LogP contribution in [0.3, 0.4) is 0 Å². The molecule has 0 aromatic heterocycles. The highest BCUT2D eigenvalue weighted by atomic mass is 16.5. The number of hydrogen-bond acceptors (Lipinski definition) is 4. The van der Waals surface area contributed by atoms with Gasteiger partial charge in [-0.1, -0.05) is 6.08 Å². The Balaban J connectivity index is 1.68. The fraction of sp³-hybridized carbons (Fsp3) is 0.812. The fourth-order valence-corrected chi connectivity index (χ4v) is 4.04. The van der Waals surface area contributed by atoms with Crippen molar-refractivity contribution in [3.63, 3.8) is 0 Å². The standard InChI is InChI=1S/C16H27N3O2/c1-3-7-19-11-10-17(2)16(15(19)20)5-8-18(9-6-16)14-4-12-21-13-14/h3,14H,1,4-13H2,2H3/t14-/m0/s1. The summed E-state index contributed by atoms with van der Waals surface area (Å²) in [6.07, 6.45) is 4.85. The predicted octanol–water partition coefficient (Wildman–Crippen LogP) is 0.570. The lowest BCUT2D eigenvalue weighted by Gasteiger charge is -2.52. The number of rotatable bonds is 3. The molecule has 3 aliphatic rings. The van der Waals surface area contributed by atoms with Crippen LogP contribution in [0, 0.1) is 0 Å². The van der Waals surface area contributed by atoms with Gasteiger partial charge in [-0.15, -0.1) is 6.58 Å². The Morgan fingerprint density at radius 3 is 2.71 bits per heavy atom. The van der Waals surface area contributed by atoms with E-state index < -0.39 is 0 Å². The lowest BCUT2D eigenvalue weighted by Crippen LogP contribution is -2.68. The maximum Gasteiger partial charge on any atom is 0.243 e. The highest BCUT2D eigenvalue weighted by Gasteiger charge is 2.49. The van der Waals surface area contributed by atoms with E-state index in [1.165, 1.54) is 0 Å². The van der Waals surface area contributed by atoms with E-state index >= 15 is 0 Å². The quantitative estimate of drug-likeness (QED) is 0.713. The van der Waals surface area contributed by atoms with Crippen LogP contribution in [0.2, 0.25) is 0 Å². The monoisotopic (exact) mass is 293 g/mol. The predicted molar refractivity (Wildman–Crippen MR) is 82.2 cm³/mol. The molecule has 0 aromatic carbocycles. The van der Waals surface area contributed by atoms with E-state index in [4.69, 9.17) is 4.74 Å². The zero-order valence-electron chi connectivity index (χ0n) is 13.1. The molecule has 5 nitrogen and oxygen atoms in total. The van der Waals surface area contributed by atoms with Crippen LogP contribution >= 0.6 is 0 Å². The van der Waals surface area contributed by atoms with Crippen molar-refractivity contribution in [3.05, 3.63) is 12.7 Å². The Kier molecular flexibility index (Phi) is 4.33. The lowest BCUT2D eigenvalue weighted by atomic mass is 9.82. The Bertz CT molecular complexity index is 398. The van der Waals surface area contributed by atoms with Crippen molar-refractivity contribution < 1.29 is 9.53 Å². The van der Waals surface area contributed by atoms with E-state index in [0.717, 1.165) is 58.7 Å². The number of carbonyl (C=O) groups is 1. The molecule has 0 radical (unpaired) electrons. The van der Waals surface area contributed by atoms with E-state index in [0.29, 0.717) is 18.5 Å². The van der Waals surface area contributed by atoms with E-state index in [9.17, 15) is 4.79 Å². The number of hydrogen-bond donors (Lipinski definition) is 0. The van der Waals surface area contributed by atoms with Crippen molar-refractivity contribution >= 4 is 5.91 Å². The molecular formula is C16H27N3O2. The van der Waals surface area contributed by atoms with Gasteiger partial charge in [0.05, 0.1) is 6.61 Å². The van der Waals surface area contributed by atoms with E-state index in [2.05, 4.69) is 23.4 Å². The summed E-state index contributed by atoms with van der Waals surface area (Å²) >= 11 is 0. The Morgan fingerprint density at radius 2 is 2.10 bits per heavy atom. The van der Waals surface area contributed by atoms with Crippen molar-refractivity contribution in [3.8, 4) is 0 Å². The number of likely N-dealkylation sites (tertiary alicyclic amines) is 1. The van der Waals surface area contributed by atoms with Crippen LogP contribution in [0.4, 0.5) is 0 Å². The molecular weight excluding hydrogens is 266 g/mol. The number of likely N-dealkylation sites (N-methyl/N-ethyl adjacent to an activating group) is 1. The maximum absolute atomic E-state index is 12.9. The Morgan fingerprint density at radius 1 is 1.33 bits per heavy atom. The summed E-state index contributed by atoms with van der Waals surface area (Å²) in [5.74, 6) is 0.304. The highest BCUT2D eigenvalue weighted by Crippen LogP contribution is 2.34. The molecule has 3 fully saturated rings. The number of piperidine rings is 1. The first-order valence-electron chi connectivity index (χ1n) is 8.11. The first-order valence-corrected chi connectivity index (χ1v) is 8.11. The summed E-state index contributed by atoms with van der Waals surface area (Å²) < 4.78 is 5.50. The van der Waals surface area contributed by atoms with Crippen LogP contribution in [0.25, 0.3) is 0 Å². The molecule has 5 heteroatoms. The normalized spacial score (nSPS) is 31.0. The average Bonchev–Trinajstić information content (AvgIpc) is 3.03. The van der Waals surface area contributed by atoms with Crippen molar-refractivity contribution in [2.45, 2.75) is 30.8 Å². The van der Waals surface area contributed by atoms with Crippen molar-refractivity contribution in [2.24, 2.45) is 0 Å².